The van der Waals surface area contributed by atoms with Gasteiger partial charge in [-0.2, -0.15) is 0 Å². The molecule has 0 aromatic rings. The predicted molar refractivity (Wildman–Crippen MR) is 61.5 cm³/mol. The molecule has 0 bridgehead atoms. The Morgan fingerprint density at radius 2 is 2.00 bits per heavy atom. The quantitative estimate of drug-likeness (QED) is 0.717. The molecule has 0 aliphatic rings. The van der Waals surface area contributed by atoms with Gasteiger partial charge in [-0.3, -0.25) is 4.79 Å². The van der Waals surface area contributed by atoms with Gasteiger partial charge in [0.25, 0.3) is 0 Å². The molecule has 0 aliphatic heterocycles. The van der Waals surface area contributed by atoms with Crippen LogP contribution in [-0.4, -0.2) is 31.7 Å². The van der Waals surface area contributed by atoms with E-state index in [1.807, 2.05) is 0 Å². The minimum Gasteiger partial charge on any atom is -0.372 e. The Hall–Kier alpha value is -0.610. The van der Waals surface area contributed by atoms with Crippen LogP contribution in [0, 0.1) is 5.41 Å². The minimum atomic E-state index is -0.410. The second-order valence-electron chi connectivity index (χ2n) is 4.88. The zero-order valence-corrected chi connectivity index (χ0v) is 10.5. The highest BCUT2D eigenvalue weighted by atomic mass is 16.5. The number of rotatable bonds is 5. The molecule has 0 aromatic heterocycles. The molecule has 0 heterocycles. The average Bonchev–Trinajstić information content (AvgIpc) is 2.14. The molecule has 4 heteroatoms. The van der Waals surface area contributed by atoms with E-state index in [1.54, 1.807) is 6.92 Å². The van der Waals surface area contributed by atoms with Crippen LogP contribution in [0.5, 0.6) is 0 Å². The van der Waals surface area contributed by atoms with Gasteiger partial charge in [0, 0.05) is 13.2 Å². The van der Waals surface area contributed by atoms with Crippen molar-refractivity contribution in [2.24, 2.45) is 11.1 Å². The summed E-state index contributed by atoms with van der Waals surface area (Å²) in [5.74, 6) is -0.0779. The first-order valence-corrected chi connectivity index (χ1v) is 5.36. The van der Waals surface area contributed by atoms with Crippen molar-refractivity contribution in [2.75, 3.05) is 13.7 Å². The maximum Gasteiger partial charge on any atom is 0.249 e. The lowest BCUT2D eigenvalue weighted by Crippen LogP contribution is -2.48. The summed E-state index contributed by atoms with van der Waals surface area (Å²) in [6.07, 6.45) is 0.374. The molecule has 0 saturated carbocycles. The number of carbonyl (C=O) groups is 1. The third-order valence-electron chi connectivity index (χ3n) is 2.54. The summed E-state index contributed by atoms with van der Waals surface area (Å²) in [5, 5.41) is 2.96. The van der Waals surface area contributed by atoms with E-state index < -0.39 is 6.10 Å². The van der Waals surface area contributed by atoms with Crippen LogP contribution in [0.15, 0.2) is 0 Å². The maximum atomic E-state index is 11.6. The van der Waals surface area contributed by atoms with Gasteiger partial charge in [-0.15, -0.1) is 0 Å². The first-order valence-electron chi connectivity index (χ1n) is 5.36. The Bertz CT molecular complexity index is 199. The molecule has 0 radical (unpaired) electrons. The highest BCUT2D eigenvalue weighted by Crippen LogP contribution is 2.21. The Labute approximate surface area is 92.6 Å². The van der Waals surface area contributed by atoms with Crippen LogP contribution in [0.3, 0.4) is 0 Å². The summed E-state index contributed by atoms with van der Waals surface area (Å²) in [4.78, 5) is 11.6. The third-order valence-corrected chi connectivity index (χ3v) is 2.54. The molecular weight excluding hydrogens is 192 g/mol. The van der Waals surface area contributed by atoms with E-state index in [2.05, 4.69) is 26.1 Å². The molecule has 1 amide bonds. The van der Waals surface area contributed by atoms with Crippen molar-refractivity contribution in [3.63, 3.8) is 0 Å². The number of hydrogen-bond donors (Lipinski definition) is 2. The second kappa shape index (κ2) is 6.08. The van der Waals surface area contributed by atoms with Gasteiger partial charge in [-0.05, 0) is 25.3 Å². The van der Waals surface area contributed by atoms with E-state index in [-0.39, 0.29) is 17.4 Å². The van der Waals surface area contributed by atoms with E-state index in [9.17, 15) is 4.79 Å². The number of nitrogens with two attached hydrogens (primary N) is 1. The molecule has 3 N–H and O–H groups in total. The van der Waals surface area contributed by atoms with Crippen molar-refractivity contribution in [2.45, 2.75) is 46.3 Å². The van der Waals surface area contributed by atoms with Gasteiger partial charge in [-0.1, -0.05) is 20.8 Å². The highest BCUT2D eigenvalue weighted by Gasteiger charge is 2.26. The van der Waals surface area contributed by atoms with Crippen LogP contribution < -0.4 is 11.1 Å². The smallest absolute Gasteiger partial charge is 0.249 e. The lowest BCUT2D eigenvalue weighted by Gasteiger charge is -2.32. The van der Waals surface area contributed by atoms with Crippen LogP contribution in [0.2, 0.25) is 0 Å². The van der Waals surface area contributed by atoms with Crippen molar-refractivity contribution in [1.29, 1.82) is 0 Å². The van der Waals surface area contributed by atoms with Crippen molar-refractivity contribution in [3.05, 3.63) is 0 Å². The van der Waals surface area contributed by atoms with Crippen molar-refractivity contribution < 1.29 is 9.53 Å². The van der Waals surface area contributed by atoms with E-state index in [1.165, 1.54) is 7.11 Å². The first kappa shape index (κ1) is 14.4. The summed E-state index contributed by atoms with van der Waals surface area (Å²) in [6.45, 7) is 8.57. The van der Waals surface area contributed by atoms with Crippen molar-refractivity contribution in [1.82, 2.24) is 5.32 Å². The van der Waals surface area contributed by atoms with Gasteiger partial charge in [-0.25, -0.2) is 0 Å². The lowest BCUT2D eigenvalue weighted by atomic mass is 9.84. The molecule has 0 fully saturated rings. The van der Waals surface area contributed by atoms with Gasteiger partial charge in [0.15, 0.2) is 0 Å². The van der Waals surface area contributed by atoms with Gasteiger partial charge in [0.1, 0.15) is 6.10 Å². The first-order chi connectivity index (χ1) is 6.82. The van der Waals surface area contributed by atoms with E-state index >= 15 is 0 Å². The number of hydrogen-bond acceptors (Lipinski definition) is 3. The standard InChI is InChI=1S/C11H24N2O2/c1-8(15-5)10(14)13-9(6-7-12)11(2,3)4/h8-9H,6-7,12H2,1-5H3,(H,13,14). The van der Waals surface area contributed by atoms with Crippen LogP contribution in [0.4, 0.5) is 0 Å². The highest BCUT2D eigenvalue weighted by molar-refractivity contribution is 5.80. The van der Waals surface area contributed by atoms with E-state index in [0.717, 1.165) is 6.42 Å². The van der Waals surface area contributed by atoms with Gasteiger partial charge in [0.05, 0.1) is 0 Å². The molecule has 0 aromatic carbocycles. The Morgan fingerprint density at radius 3 is 2.33 bits per heavy atom. The number of methoxy groups -OCH3 is 1. The summed E-state index contributed by atoms with van der Waals surface area (Å²) in [6, 6.07) is 0.0904. The fourth-order valence-electron chi connectivity index (χ4n) is 1.28. The fraction of sp³-hybridized carbons (Fsp3) is 0.909. The van der Waals surface area contributed by atoms with E-state index in [4.69, 9.17) is 10.5 Å². The molecule has 2 atom stereocenters. The fourth-order valence-corrected chi connectivity index (χ4v) is 1.28. The summed E-state index contributed by atoms with van der Waals surface area (Å²) >= 11 is 0. The second-order valence-corrected chi connectivity index (χ2v) is 4.88. The molecule has 0 aliphatic carbocycles. The molecule has 90 valence electrons. The largest absolute Gasteiger partial charge is 0.372 e. The van der Waals surface area contributed by atoms with Crippen molar-refractivity contribution in [3.8, 4) is 0 Å². The minimum absolute atomic E-state index is 0.0164. The molecule has 4 nitrogen and oxygen atoms in total. The lowest BCUT2D eigenvalue weighted by molar-refractivity contribution is -0.131. The summed E-state index contributed by atoms with van der Waals surface area (Å²) < 4.78 is 4.96. The molecule has 0 rings (SSSR count). The summed E-state index contributed by atoms with van der Waals surface area (Å²) in [5.41, 5.74) is 5.54. The SMILES string of the molecule is COC(C)C(=O)NC(CCN)C(C)(C)C. The number of carbonyl (C=O) groups excluding carboxylic acids is 1. The van der Waals surface area contributed by atoms with E-state index in [0.29, 0.717) is 6.54 Å². The molecule has 0 spiro atoms. The van der Waals surface area contributed by atoms with Crippen LogP contribution in [0.25, 0.3) is 0 Å². The Kier molecular flexibility index (Phi) is 5.83. The van der Waals surface area contributed by atoms with Gasteiger partial charge in [0.2, 0.25) is 5.91 Å². The van der Waals surface area contributed by atoms with Crippen LogP contribution in [0.1, 0.15) is 34.1 Å². The number of ether oxygens (including phenoxy) is 1. The van der Waals surface area contributed by atoms with Gasteiger partial charge < -0.3 is 15.8 Å². The third kappa shape index (κ3) is 5.14. The monoisotopic (exact) mass is 216 g/mol. The molecular formula is C11H24N2O2. The molecule has 15 heavy (non-hydrogen) atoms. The van der Waals surface area contributed by atoms with Crippen molar-refractivity contribution >= 4 is 5.91 Å². The topological polar surface area (TPSA) is 64.3 Å². The normalized spacial score (nSPS) is 15.9. The average molecular weight is 216 g/mol. The summed E-state index contributed by atoms with van der Waals surface area (Å²) in [7, 11) is 1.53. The van der Waals surface area contributed by atoms with Crippen LogP contribution in [-0.2, 0) is 9.53 Å². The maximum absolute atomic E-state index is 11.6. The Morgan fingerprint density at radius 1 is 1.47 bits per heavy atom. The number of amides is 1. The number of nitrogens with one attached hydrogen (secondary N) is 1. The van der Waals surface area contributed by atoms with Crippen LogP contribution >= 0.6 is 0 Å². The predicted octanol–water partition coefficient (Wildman–Crippen LogP) is 0.901. The molecule has 0 saturated heterocycles. The zero-order chi connectivity index (χ0) is 12.1. The zero-order valence-electron chi connectivity index (χ0n) is 10.5. The molecule has 2 unspecified atom stereocenters. The Balaban J connectivity index is 4.35. The van der Waals surface area contributed by atoms with Gasteiger partial charge >= 0.3 is 0 Å².